The number of ether oxygens (including phenoxy) is 2. The van der Waals surface area contributed by atoms with Crippen LogP contribution in [0.1, 0.15) is 48.6 Å². The number of halogens is 1. The highest BCUT2D eigenvalue weighted by Gasteiger charge is 2.15. The van der Waals surface area contributed by atoms with Crippen LogP contribution in [-0.2, 0) is 4.74 Å². The molecule has 0 aliphatic carbocycles. The van der Waals surface area contributed by atoms with Crippen LogP contribution in [0.2, 0.25) is 5.02 Å². The van der Waals surface area contributed by atoms with Crippen molar-refractivity contribution >= 4 is 23.2 Å². The van der Waals surface area contributed by atoms with Crippen molar-refractivity contribution in [1.29, 1.82) is 0 Å². The number of anilines is 1. The zero-order valence-corrected chi connectivity index (χ0v) is 18.2. The summed E-state index contributed by atoms with van der Waals surface area (Å²) in [6.45, 7) is 7.73. The molecular weight excluding hydrogens is 400 g/mol. The van der Waals surface area contributed by atoms with E-state index in [1.54, 1.807) is 42.5 Å². The molecule has 3 aromatic rings. The minimum Gasteiger partial charge on any atom is -0.456 e. The first-order valence-electron chi connectivity index (χ1n) is 9.80. The van der Waals surface area contributed by atoms with Gasteiger partial charge >= 0.3 is 0 Å². The molecule has 0 radical (unpaired) electrons. The molecule has 1 atom stereocenters. The Bertz CT molecular complexity index is 1040. The Labute approximate surface area is 182 Å². The van der Waals surface area contributed by atoms with Crippen LogP contribution in [0.15, 0.2) is 60.7 Å². The van der Waals surface area contributed by atoms with E-state index in [1.165, 1.54) is 0 Å². The maximum absolute atomic E-state index is 12.8. The van der Waals surface area contributed by atoms with E-state index in [4.69, 9.17) is 21.1 Å². The number of carbonyl (C=O) groups excluding carboxylic acids is 1. The van der Waals surface area contributed by atoms with Gasteiger partial charge in [-0.1, -0.05) is 29.8 Å². The zero-order valence-electron chi connectivity index (χ0n) is 17.5. The van der Waals surface area contributed by atoms with Gasteiger partial charge < -0.3 is 14.8 Å². The third-order valence-corrected chi connectivity index (χ3v) is 4.71. The van der Waals surface area contributed by atoms with Gasteiger partial charge in [0.1, 0.15) is 11.5 Å². The topological polar surface area (TPSA) is 60.5 Å². The second-order valence-corrected chi connectivity index (χ2v) is 7.62. The van der Waals surface area contributed by atoms with Gasteiger partial charge in [0.15, 0.2) is 0 Å². The van der Waals surface area contributed by atoms with Gasteiger partial charge in [-0.05, 0) is 64.1 Å². The molecule has 0 saturated carbocycles. The van der Waals surface area contributed by atoms with Crippen molar-refractivity contribution < 1.29 is 14.3 Å². The zero-order chi connectivity index (χ0) is 21.7. The Morgan fingerprint density at radius 1 is 1.03 bits per heavy atom. The molecule has 1 heterocycles. The molecule has 1 amide bonds. The van der Waals surface area contributed by atoms with Gasteiger partial charge in [-0.3, -0.25) is 9.78 Å². The Balaban J connectivity index is 1.72. The summed E-state index contributed by atoms with van der Waals surface area (Å²) in [6, 6.07) is 18.0. The van der Waals surface area contributed by atoms with Gasteiger partial charge in [-0.15, -0.1) is 0 Å². The van der Waals surface area contributed by atoms with Crippen molar-refractivity contribution in [1.82, 2.24) is 4.98 Å². The number of nitrogens with zero attached hydrogens (tertiary/aromatic N) is 1. The smallest absolute Gasteiger partial charge is 0.257 e. The number of hydrogen-bond acceptors (Lipinski definition) is 4. The SMILES string of the molecule is Cc1nc(C(C)OC(C)C)ccc1C(=O)Nc1cccc(Oc2ccccc2Cl)c1. The number of amides is 1. The molecule has 156 valence electrons. The normalized spacial score (nSPS) is 11.9. The van der Waals surface area contributed by atoms with Crippen molar-refractivity contribution in [3.05, 3.63) is 82.6 Å². The molecule has 0 spiro atoms. The molecule has 3 rings (SSSR count). The minimum absolute atomic E-state index is 0.102. The largest absolute Gasteiger partial charge is 0.456 e. The summed E-state index contributed by atoms with van der Waals surface area (Å²) >= 11 is 6.15. The lowest BCUT2D eigenvalue weighted by molar-refractivity contribution is 0.0154. The van der Waals surface area contributed by atoms with Crippen molar-refractivity contribution in [3.8, 4) is 11.5 Å². The summed E-state index contributed by atoms with van der Waals surface area (Å²) < 4.78 is 11.6. The average Bonchev–Trinajstić information content (AvgIpc) is 2.69. The molecule has 0 aliphatic heterocycles. The van der Waals surface area contributed by atoms with Crippen LogP contribution in [0, 0.1) is 6.92 Å². The number of aryl methyl sites for hydroxylation is 1. The van der Waals surface area contributed by atoms with Crippen molar-refractivity contribution in [3.63, 3.8) is 0 Å². The predicted octanol–water partition coefficient (Wildman–Crippen LogP) is 6.57. The van der Waals surface area contributed by atoms with Crippen LogP contribution in [0.4, 0.5) is 5.69 Å². The van der Waals surface area contributed by atoms with Crippen molar-refractivity contribution in [2.75, 3.05) is 5.32 Å². The highest BCUT2D eigenvalue weighted by Crippen LogP contribution is 2.30. The number of rotatable bonds is 7. The molecule has 0 fully saturated rings. The van der Waals surface area contributed by atoms with E-state index in [9.17, 15) is 4.79 Å². The monoisotopic (exact) mass is 424 g/mol. The third kappa shape index (κ3) is 5.59. The highest BCUT2D eigenvalue weighted by atomic mass is 35.5. The van der Waals surface area contributed by atoms with Crippen molar-refractivity contribution in [2.45, 2.75) is 39.9 Å². The number of benzene rings is 2. The van der Waals surface area contributed by atoms with Crippen LogP contribution in [0.25, 0.3) is 0 Å². The van der Waals surface area contributed by atoms with Crippen LogP contribution < -0.4 is 10.1 Å². The van der Waals surface area contributed by atoms with E-state index >= 15 is 0 Å². The first-order chi connectivity index (χ1) is 14.3. The van der Waals surface area contributed by atoms with E-state index in [0.717, 1.165) is 5.69 Å². The van der Waals surface area contributed by atoms with E-state index in [2.05, 4.69) is 10.3 Å². The number of para-hydroxylation sites is 1. The second-order valence-electron chi connectivity index (χ2n) is 7.21. The van der Waals surface area contributed by atoms with Gasteiger partial charge in [-0.2, -0.15) is 0 Å². The maximum atomic E-state index is 12.8. The number of hydrogen-bond donors (Lipinski definition) is 1. The van der Waals surface area contributed by atoms with Crippen LogP contribution in [-0.4, -0.2) is 17.0 Å². The van der Waals surface area contributed by atoms with Crippen molar-refractivity contribution in [2.24, 2.45) is 0 Å². The summed E-state index contributed by atoms with van der Waals surface area (Å²) in [4.78, 5) is 17.3. The fourth-order valence-electron chi connectivity index (χ4n) is 3.02. The molecule has 1 unspecified atom stereocenters. The van der Waals surface area contributed by atoms with Gasteiger partial charge in [-0.25, -0.2) is 0 Å². The fourth-order valence-corrected chi connectivity index (χ4v) is 3.19. The number of aromatic nitrogens is 1. The van der Waals surface area contributed by atoms with Gasteiger partial charge in [0.2, 0.25) is 0 Å². The molecule has 6 heteroatoms. The van der Waals surface area contributed by atoms with Gasteiger partial charge in [0, 0.05) is 11.8 Å². The summed E-state index contributed by atoms with van der Waals surface area (Å²) in [5.74, 6) is 0.889. The average molecular weight is 425 g/mol. The Kier molecular flexibility index (Phi) is 7.08. The lowest BCUT2D eigenvalue weighted by Gasteiger charge is -2.17. The third-order valence-electron chi connectivity index (χ3n) is 4.40. The second kappa shape index (κ2) is 9.74. The summed E-state index contributed by atoms with van der Waals surface area (Å²) in [5.41, 5.74) is 2.57. The van der Waals surface area contributed by atoms with Crippen LogP contribution in [0.5, 0.6) is 11.5 Å². The standard InChI is InChI=1S/C24H25ClN2O3/c1-15(2)29-17(4)22-13-12-20(16(3)26-22)24(28)27-18-8-7-9-19(14-18)30-23-11-6-5-10-21(23)25/h5-15,17H,1-4H3,(H,27,28). The Hall–Kier alpha value is -2.89. The molecule has 0 aliphatic rings. The molecule has 0 saturated heterocycles. The minimum atomic E-state index is -0.237. The summed E-state index contributed by atoms with van der Waals surface area (Å²) in [5, 5.41) is 3.42. The Morgan fingerprint density at radius 3 is 2.50 bits per heavy atom. The molecule has 1 N–H and O–H groups in total. The summed E-state index contributed by atoms with van der Waals surface area (Å²) in [7, 11) is 0. The van der Waals surface area contributed by atoms with Crippen LogP contribution >= 0.6 is 11.6 Å². The lowest BCUT2D eigenvalue weighted by Crippen LogP contribution is -2.16. The molecule has 30 heavy (non-hydrogen) atoms. The first-order valence-corrected chi connectivity index (χ1v) is 10.2. The van der Waals surface area contributed by atoms with E-state index < -0.39 is 0 Å². The van der Waals surface area contributed by atoms with E-state index in [1.807, 2.05) is 45.9 Å². The summed E-state index contributed by atoms with van der Waals surface area (Å²) in [6.07, 6.45) is -0.0372. The van der Waals surface area contributed by atoms with E-state index in [0.29, 0.717) is 33.5 Å². The maximum Gasteiger partial charge on any atom is 0.257 e. The first kappa shape index (κ1) is 21.8. The number of nitrogens with one attached hydrogen (secondary N) is 1. The molecular formula is C24H25ClN2O3. The molecule has 2 aromatic carbocycles. The lowest BCUT2D eigenvalue weighted by atomic mass is 10.1. The van der Waals surface area contributed by atoms with Crippen LogP contribution in [0.3, 0.4) is 0 Å². The molecule has 5 nitrogen and oxygen atoms in total. The van der Waals surface area contributed by atoms with E-state index in [-0.39, 0.29) is 18.1 Å². The molecule has 0 bridgehead atoms. The predicted molar refractivity (Wildman–Crippen MR) is 120 cm³/mol. The number of carbonyl (C=O) groups is 1. The van der Waals surface area contributed by atoms with Gasteiger partial charge in [0.05, 0.1) is 34.2 Å². The quantitative estimate of drug-likeness (QED) is 0.465. The Morgan fingerprint density at radius 2 is 1.80 bits per heavy atom. The molecule has 1 aromatic heterocycles. The highest BCUT2D eigenvalue weighted by molar-refractivity contribution is 6.32. The fraction of sp³-hybridized carbons (Fsp3) is 0.250. The van der Waals surface area contributed by atoms with Gasteiger partial charge in [0.25, 0.3) is 5.91 Å². The number of pyridine rings is 1.